The van der Waals surface area contributed by atoms with Crippen LogP contribution >= 0.6 is 0 Å². The van der Waals surface area contributed by atoms with Crippen LogP contribution in [0.2, 0.25) is 0 Å². The molecule has 2 aliphatic rings. The summed E-state index contributed by atoms with van der Waals surface area (Å²) in [6, 6.07) is 6.12. The second-order valence-corrected chi connectivity index (χ2v) is 8.04. The summed E-state index contributed by atoms with van der Waals surface area (Å²) >= 11 is 0. The first-order valence-corrected chi connectivity index (χ1v) is 10.9. The van der Waals surface area contributed by atoms with E-state index in [1.165, 1.54) is 5.56 Å². The molecule has 2 saturated heterocycles. The van der Waals surface area contributed by atoms with Gasteiger partial charge in [0.15, 0.2) is 0 Å². The highest BCUT2D eigenvalue weighted by molar-refractivity contribution is 5.81. The first-order chi connectivity index (χ1) is 17.7. The monoisotopic (exact) mass is 555 g/mol. The van der Waals surface area contributed by atoms with Crippen molar-refractivity contribution >= 4 is 17.8 Å². The quantitative estimate of drug-likeness (QED) is 0.475. The maximum Gasteiger partial charge on any atom is 0.490 e. The maximum atomic E-state index is 12.4. The van der Waals surface area contributed by atoms with Gasteiger partial charge in [0.2, 0.25) is 5.91 Å². The fourth-order valence-corrected chi connectivity index (χ4v) is 3.62. The number of furan rings is 1. The minimum Gasteiger partial charge on any atom is -0.475 e. The number of pyridine rings is 1. The van der Waals surface area contributed by atoms with Crippen LogP contribution in [0.4, 0.5) is 26.3 Å². The third-order valence-electron chi connectivity index (χ3n) is 5.33. The number of nitrogens with zero attached hydrogens (tertiary/aromatic N) is 2. The lowest BCUT2D eigenvalue weighted by atomic mass is 10.1. The highest BCUT2D eigenvalue weighted by Crippen LogP contribution is 2.34. The van der Waals surface area contributed by atoms with E-state index in [4.69, 9.17) is 29.0 Å². The lowest BCUT2D eigenvalue weighted by Gasteiger charge is -2.21. The summed E-state index contributed by atoms with van der Waals surface area (Å²) in [5.74, 6) is -5.54. The predicted octanol–water partition coefficient (Wildman–Crippen LogP) is 2.99. The average Bonchev–Trinajstić information content (AvgIpc) is 3.57. The molecule has 0 unspecified atom stereocenters. The standard InChI is InChI=1S/C18H21N3O3.2C2HF3O2/c22-18(20-10-13-2-1-5-19-9-13)17-8-15-16(24-17)3-6-21(15)11-14-4-7-23-12-14;2*3-2(4,5)1(6)7/h1-2,4-5,7,9,12,15-17H,3,6,8,10-11H2,(H,20,22);2*(H,6,7)/t15-,16-,17+;;/m1../s1. The molecular formula is C22H23F6N3O7. The van der Waals surface area contributed by atoms with E-state index in [0.717, 1.165) is 31.5 Å². The maximum absolute atomic E-state index is 12.4. The summed E-state index contributed by atoms with van der Waals surface area (Å²) in [6.45, 7) is 2.34. The number of likely N-dealkylation sites (tertiary alicyclic amines) is 1. The number of carboxylic acids is 2. The normalized spacial score (nSPS) is 20.8. The van der Waals surface area contributed by atoms with Crippen molar-refractivity contribution in [1.29, 1.82) is 0 Å². The van der Waals surface area contributed by atoms with Gasteiger partial charge in [-0.25, -0.2) is 9.59 Å². The largest absolute Gasteiger partial charge is 0.490 e. The van der Waals surface area contributed by atoms with Gasteiger partial charge >= 0.3 is 24.3 Å². The molecule has 3 atom stereocenters. The van der Waals surface area contributed by atoms with Crippen LogP contribution in [0.15, 0.2) is 47.5 Å². The fraction of sp³-hybridized carbons (Fsp3) is 0.455. The van der Waals surface area contributed by atoms with E-state index in [1.807, 2.05) is 18.2 Å². The highest BCUT2D eigenvalue weighted by Gasteiger charge is 2.45. The summed E-state index contributed by atoms with van der Waals surface area (Å²) in [4.78, 5) is 36.6. The fourth-order valence-electron chi connectivity index (χ4n) is 3.62. The predicted molar refractivity (Wildman–Crippen MR) is 114 cm³/mol. The van der Waals surface area contributed by atoms with Crippen molar-refractivity contribution in [3.63, 3.8) is 0 Å². The lowest BCUT2D eigenvalue weighted by molar-refractivity contribution is -0.193. The number of amides is 1. The molecule has 2 fully saturated rings. The molecule has 3 N–H and O–H groups in total. The number of ether oxygens (including phenoxy) is 1. The van der Waals surface area contributed by atoms with Gasteiger partial charge in [0.25, 0.3) is 0 Å². The Balaban J connectivity index is 0.000000301. The Morgan fingerprint density at radius 2 is 1.68 bits per heavy atom. The van der Waals surface area contributed by atoms with Crippen molar-refractivity contribution in [3.8, 4) is 0 Å². The molecule has 1 amide bonds. The molecule has 0 spiro atoms. The Morgan fingerprint density at radius 3 is 2.18 bits per heavy atom. The minimum absolute atomic E-state index is 0.0310. The zero-order valence-electron chi connectivity index (χ0n) is 19.4. The van der Waals surface area contributed by atoms with Crippen molar-refractivity contribution in [2.24, 2.45) is 0 Å². The highest BCUT2D eigenvalue weighted by atomic mass is 19.4. The van der Waals surface area contributed by atoms with Crippen LogP contribution in [-0.4, -0.2) is 75.1 Å². The zero-order chi connectivity index (χ0) is 28.5. The number of rotatable bonds is 5. The number of carbonyl (C=O) groups is 3. The third-order valence-corrected chi connectivity index (χ3v) is 5.33. The second kappa shape index (κ2) is 13.2. The van der Waals surface area contributed by atoms with Gasteiger partial charge < -0.3 is 24.7 Å². The first kappa shape index (κ1) is 30.6. The zero-order valence-corrected chi connectivity index (χ0v) is 19.4. The number of carboxylic acid groups (broad SMARTS) is 2. The lowest BCUT2D eigenvalue weighted by Crippen LogP contribution is -2.36. The van der Waals surface area contributed by atoms with Crippen LogP contribution in [0.5, 0.6) is 0 Å². The first-order valence-electron chi connectivity index (χ1n) is 10.9. The average molecular weight is 555 g/mol. The van der Waals surface area contributed by atoms with Gasteiger partial charge in [0, 0.05) is 50.1 Å². The van der Waals surface area contributed by atoms with Gasteiger partial charge in [-0.15, -0.1) is 0 Å². The number of aliphatic carboxylic acids is 2. The molecule has 0 aliphatic carbocycles. The van der Waals surface area contributed by atoms with Gasteiger partial charge in [0.1, 0.15) is 6.10 Å². The van der Waals surface area contributed by atoms with Gasteiger partial charge in [-0.05, 0) is 24.1 Å². The van der Waals surface area contributed by atoms with Gasteiger partial charge in [-0.2, -0.15) is 26.3 Å². The topological polar surface area (TPSA) is 142 Å². The molecule has 0 aromatic carbocycles. The molecule has 2 aromatic rings. The smallest absolute Gasteiger partial charge is 0.475 e. The SMILES string of the molecule is O=C(NCc1cccnc1)[C@@H]1C[C@@H]2[C@@H](CCN2Cc2ccoc2)O1.O=C(O)C(F)(F)F.O=C(O)C(F)(F)F. The molecule has 4 rings (SSSR count). The number of alkyl halides is 6. The molecule has 0 saturated carbocycles. The summed E-state index contributed by atoms with van der Waals surface area (Å²) in [5, 5.41) is 17.2. The third kappa shape index (κ3) is 9.66. The molecule has 2 aliphatic heterocycles. The van der Waals surface area contributed by atoms with Crippen LogP contribution < -0.4 is 5.32 Å². The number of halogens is 6. The molecule has 16 heteroatoms. The van der Waals surface area contributed by atoms with Crippen LogP contribution in [0.25, 0.3) is 0 Å². The summed E-state index contributed by atoms with van der Waals surface area (Å²) < 4.78 is 74.6. The van der Waals surface area contributed by atoms with Gasteiger partial charge in [-0.3, -0.25) is 14.7 Å². The van der Waals surface area contributed by atoms with Crippen molar-refractivity contribution in [2.45, 2.75) is 56.5 Å². The Bertz CT molecular complexity index is 1020. The molecule has 0 radical (unpaired) electrons. The molecular weight excluding hydrogens is 532 g/mol. The van der Waals surface area contributed by atoms with Crippen LogP contribution in [0.1, 0.15) is 24.0 Å². The van der Waals surface area contributed by atoms with E-state index in [9.17, 15) is 31.1 Å². The van der Waals surface area contributed by atoms with Gasteiger partial charge in [-0.1, -0.05) is 6.07 Å². The van der Waals surface area contributed by atoms with E-state index in [-0.39, 0.29) is 18.1 Å². The Kier molecular flexibility index (Phi) is 10.6. The van der Waals surface area contributed by atoms with Crippen molar-refractivity contribution in [1.82, 2.24) is 15.2 Å². The second-order valence-electron chi connectivity index (χ2n) is 8.04. The molecule has 10 nitrogen and oxygen atoms in total. The number of nitrogens with one attached hydrogen (secondary N) is 1. The van der Waals surface area contributed by atoms with Crippen LogP contribution in [0.3, 0.4) is 0 Å². The molecule has 4 heterocycles. The summed E-state index contributed by atoms with van der Waals surface area (Å²) in [7, 11) is 0. The number of hydrogen-bond acceptors (Lipinski definition) is 7. The number of hydrogen-bond donors (Lipinski definition) is 3. The van der Waals surface area contributed by atoms with E-state index in [2.05, 4.69) is 15.2 Å². The van der Waals surface area contributed by atoms with E-state index < -0.39 is 24.3 Å². The van der Waals surface area contributed by atoms with Crippen LogP contribution in [-0.2, 0) is 32.2 Å². The molecule has 0 bridgehead atoms. The Morgan fingerprint density at radius 1 is 1.05 bits per heavy atom. The number of aromatic nitrogens is 1. The Hall–Kier alpha value is -3.66. The van der Waals surface area contributed by atoms with Gasteiger partial charge in [0.05, 0.1) is 18.6 Å². The number of fused-ring (bicyclic) bond motifs is 1. The van der Waals surface area contributed by atoms with E-state index in [0.29, 0.717) is 12.6 Å². The molecule has 2 aromatic heterocycles. The molecule has 38 heavy (non-hydrogen) atoms. The Labute approximate surface area is 211 Å². The summed E-state index contributed by atoms with van der Waals surface area (Å²) in [6.07, 6.45) is -1.67. The van der Waals surface area contributed by atoms with Crippen LogP contribution in [0, 0.1) is 0 Å². The van der Waals surface area contributed by atoms with E-state index >= 15 is 0 Å². The minimum atomic E-state index is -5.08. The van der Waals surface area contributed by atoms with Crippen molar-refractivity contribution in [3.05, 3.63) is 54.2 Å². The van der Waals surface area contributed by atoms with Crippen molar-refractivity contribution < 1.29 is 60.1 Å². The van der Waals surface area contributed by atoms with Crippen molar-refractivity contribution in [2.75, 3.05) is 6.54 Å². The number of carbonyl (C=O) groups excluding carboxylic acids is 1. The molecule has 210 valence electrons. The van der Waals surface area contributed by atoms with E-state index in [1.54, 1.807) is 24.9 Å². The summed E-state index contributed by atoms with van der Waals surface area (Å²) in [5.41, 5.74) is 2.16.